The predicted molar refractivity (Wildman–Crippen MR) is 75.5 cm³/mol. The quantitative estimate of drug-likeness (QED) is 0.683. The van der Waals surface area contributed by atoms with Crippen molar-refractivity contribution in [1.82, 2.24) is 0 Å². The van der Waals surface area contributed by atoms with Crippen LogP contribution in [0.1, 0.15) is 19.3 Å². The molecule has 4 nitrogen and oxygen atoms in total. The maximum atomic E-state index is 13.4. The van der Waals surface area contributed by atoms with Gasteiger partial charge in [-0.05, 0) is 34.8 Å². The highest BCUT2D eigenvalue weighted by molar-refractivity contribution is 9.10. The van der Waals surface area contributed by atoms with Crippen LogP contribution in [0.3, 0.4) is 0 Å². The lowest BCUT2D eigenvalue weighted by atomic mass is 10.1. The topological polar surface area (TPSA) is 55.6 Å². The van der Waals surface area contributed by atoms with Crippen molar-refractivity contribution in [2.45, 2.75) is 25.3 Å². The van der Waals surface area contributed by atoms with Gasteiger partial charge in [0, 0.05) is 18.7 Å². The third-order valence-corrected chi connectivity index (χ3v) is 3.99. The Morgan fingerprint density at radius 1 is 1.63 bits per heavy atom. The molecule has 0 saturated carbocycles. The van der Waals surface area contributed by atoms with Crippen molar-refractivity contribution in [1.29, 1.82) is 0 Å². The number of methoxy groups -OCH3 is 1. The maximum absolute atomic E-state index is 13.4. The maximum Gasteiger partial charge on any atom is 0.307 e. The van der Waals surface area contributed by atoms with Crippen molar-refractivity contribution < 1.29 is 13.9 Å². The van der Waals surface area contributed by atoms with Crippen LogP contribution in [0.4, 0.5) is 15.8 Å². The molecule has 2 N–H and O–H groups in total. The van der Waals surface area contributed by atoms with E-state index in [1.807, 2.05) is 0 Å². The van der Waals surface area contributed by atoms with Gasteiger partial charge in [-0.15, -0.1) is 0 Å². The number of hydrogen-bond donors (Lipinski definition) is 1. The lowest BCUT2D eigenvalue weighted by Gasteiger charge is -2.27. The molecule has 0 spiro atoms. The van der Waals surface area contributed by atoms with Crippen molar-refractivity contribution in [3.8, 4) is 0 Å². The average molecular weight is 331 g/mol. The smallest absolute Gasteiger partial charge is 0.307 e. The van der Waals surface area contributed by atoms with E-state index in [-0.39, 0.29) is 17.8 Å². The minimum Gasteiger partial charge on any atom is -0.469 e. The fourth-order valence-electron chi connectivity index (χ4n) is 2.44. The summed E-state index contributed by atoms with van der Waals surface area (Å²) >= 11 is 3.16. The van der Waals surface area contributed by atoms with E-state index in [1.54, 1.807) is 6.07 Å². The summed E-state index contributed by atoms with van der Waals surface area (Å²) in [6, 6.07) is 3.03. The van der Waals surface area contributed by atoms with Gasteiger partial charge in [0.15, 0.2) is 0 Å². The first-order valence-corrected chi connectivity index (χ1v) is 6.90. The summed E-state index contributed by atoms with van der Waals surface area (Å²) in [7, 11) is 1.38. The van der Waals surface area contributed by atoms with Gasteiger partial charge in [-0.1, -0.05) is 0 Å². The summed E-state index contributed by atoms with van der Waals surface area (Å²) in [6.07, 6.45) is 2.21. The Morgan fingerprint density at radius 2 is 2.37 bits per heavy atom. The van der Waals surface area contributed by atoms with Crippen LogP contribution < -0.4 is 10.6 Å². The first-order valence-electron chi connectivity index (χ1n) is 6.11. The molecule has 6 heteroatoms. The van der Waals surface area contributed by atoms with Gasteiger partial charge in [-0.2, -0.15) is 0 Å². The summed E-state index contributed by atoms with van der Waals surface area (Å²) in [5, 5.41) is 0. The third-order valence-electron chi connectivity index (χ3n) is 3.39. The van der Waals surface area contributed by atoms with E-state index in [0.717, 1.165) is 25.1 Å². The van der Waals surface area contributed by atoms with Gasteiger partial charge in [0.25, 0.3) is 0 Å². The molecule has 1 aromatic carbocycles. The Balaban J connectivity index is 2.25. The molecule has 104 valence electrons. The zero-order valence-corrected chi connectivity index (χ0v) is 12.2. The van der Waals surface area contributed by atoms with E-state index in [1.165, 1.54) is 13.2 Å². The van der Waals surface area contributed by atoms with Crippen LogP contribution in [-0.4, -0.2) is 25.7 Å². The molecule has 2 rings (SSSR count). The zero-order chi connectivity index (χ0) is 14.0. The number of hydrogen-bond acceptors (Lipinski definition) is 4. The minimum absolute atomic E-state index is 0.0621. The second-order valence-corrected chi connectivity index (χ2v) is 5.45. The highest BCUT2D eigenvalue weighted by Gasteiger charge is 2.28. The first kappa shape index (κ1) is 14.1. The van der Waals surface area contributed by atoms with E-state index in [4.69, 9.17) is 10.5 Å². The largest absolute Gasteiger partial charge is 0.469 e. The van der Waals surface area contributed by atoms with Gasteiger partial charge in [0.1, 0.15) is 5.82 Å². The number of nitrogens with two attached hydrogens (primary N) is 1. The summed E-state index contributed by atoms with van der Waals surface area (Å²) in [4.78, 5) is 13.5. The Kier molecular flexibility index (Phi) is 4.29. The van der Waals surface area contributed by atoms with Crippen LogP contribution in [0.2, 0.25) is 0 Å². The Morgan fingerprint density at radius 3 is 3.05 bits per heavy atom. The number of esters is 1. The number of rotatable bonds is 3. The first-order chi connectivity index (χ1) is 9.02. The minimum atomic E-state index is -0.384. The van der Waals surface area contributed by atoms with Gasteiger partial charge >= 0.3 is 5.97 Å². The Labute approximate surface area is 119 Å². The van der Waals surface area contributed by atoms with Crippen LogP contribution in [0.5, 0.6) is 0 Å². The van der Waals surface area contributed by atoms with Crippen molar-refractivity contribution in [3.63, 3.8) is 0 Å². The number of anilines is 2. The molecular weight excluding hydrogens is 315 g/mol. The molecule has 19 heavy (non-hydrogen) atoms. The van der Waals surface area contributed by atoms with E-state index in [0.29, 0.717) is 16.6 Å². The standard InChI is InChI=1S/C13H16BrFN2O2/c1-19-13(18)5-8-3-2-4-17(8)12-6-9(14)10(15)7-11(12)16/h6-8H,2-5,16H2,1H3/t8-/m1/s1. The van der Waals surface area contributed by atoms with Gasteiger partial charge in [-0.3, -0.25) is 4.79 Å². The molecule has 1 aromatic rings. The van der Waals surface area contributed by atoms with Crippen LogP contribution >= 0.6 is 15.9 Å². The number of carbonyl (C=O) groups is 1. The predicted octanol–water partition coefficient (Wildman–Crippen LogP) is 2.70. The SMILES string of the molecule is COC(=O)C[C@H]1CCCN1c1cc(Br)c(F)cc1N. The highest BCUT2D eigenvalue weighted by Crippen LogP contribution is 2.35. The lowest BCUT2D eigenvalue weighted by molar-refractivity contribution is -0.140. The molecular formula is C13H16BrFN2O2. The molecule has 0 aromatic heterocycles. The van der Waals surface area contributed by atoms with E-state index in [9.17, 15) is 9.18 Å². The fourth-order valence-corrected chi connectivity index (χ4v) is 2.77. The molecule has 0 aliphatic carbocycles. The van der Waals surface area contributed by atoms with E-state index < -0.39 is 0 Å². The van der Waals surface area contributed by atoms with Gasteiger partial charge < -0.3 is 15.4 Å². The fraction of sp³-hybridized carbons (Fsp3) is 0.462. The van der Waals surface area contributed by atoms with Crippen LogP contribution in [0.25, 0.3) is 0 Å². The second kappa shape index (κ2) is 5.77. The van der Waals surface area contributed by atoms with Gasteiger partial charge in [0.05, 0.1) is 29.4 Å². The number of ether oxygens (including phenoxy) is 1. The molecule has 1 aliphatic heterocycles. The third kappa shape index (κ3) is 3.00. The van der Waals surface area contributed by atoms with E-state index >= 15 is 0 Å². The number of halogens is 2. The second-order valence-electron chi connectivity index (χ2n) is 4.59. The lowest BCUT2D eigenvalue weighted by Crippen LogP contribution is -2.32. The number of carbonyl (C=O) groups excluding carboxylic acids is 1. The van der Waals surface area contributed by atoms with Gasteiger partial charge in [0.2, 0.25) is 0 Å². The summed E-state index contributed by atoms with van der Waals surface area (Å²) in [5.74, 6) is -0.624. The number of benzene rings is 1. The molecule has 1 fully saturated rings. The normalized spacial score (nSPS) is 18.7. The molecule has 1 atom stereocenters. The molecule has 0 amide bonds. The average Bonchev–Trinajstić information content (AvgIpc) is 2.81. The molecule has 0 unspecified atom stereocenters. The van der Waals surface area contributed by atoms with Crippen molar-refractivity contribution in [3.05, 3.63) is 22.4 Å². The number of nitrogen functional groups attached to an aromatic ring is 1. The summed E-state index contributed by atoms with van der Waals surface area (Å²) in [5.41, 5.74) is 7.03. The number of nitrogens with zero attached hydrogens (tertiary/aromatic N) is 1. The Hall–Kier alpha value is -1.30. The van der Waals surface area contributed by atoms with Crippen LogP contribution in [0, 0.1) is 5.82 Å². The summed E-state index contributed by atoms with van der Waals surface area (Å²) < 4.78 is 18.5. The van der Waals surface area contributed by atoms with Crippen molar-refractivity contribution in [2.75, 3.05) is 24.3 Å². The molecule has 1 saturated heterocycles. The monoisotopic (exact) mass is 330 g/mol. The zero-order valence-electron chi connectivity index (χ0n) is 10.7. The summed E-state index contributed by atoms with van der Waals surface area (Å²) in [6.45, 7) is 0.809. The molecule has 1 aliphatic rings. The van der Waals surface area contributed by atoms with Gasteiger partial charge in [-0.25, -0.2) is 4.39 Å². The highest BCUT2D eigenvalue weighted by atomic mass is 79.9. The van der Waals surface area contributed by atoms with Crippen molar-refractivity contribution in [2.24, 2.45) is 0 Å². The van der Waals surface area contributed by atoms with Crippen LogP contribution in [0.15, 0.2) is 16.6 Å². The van der Waals surface area contributed by atoms with E-state index in [2.05, 4.69) is 20.8 Å². The molecule has 0 radical (unpaired) electrons. The van der Waals surface area contributed by atoms with Crippen LogP contribution in [-0.2, 0) is 9.53 Å². The molecule has 0 bridgehead atoms. The Bertz CT molecular complexity index is 496. The molecule has 1 heterocycles. The van der Waals surface area contributed by atoms with Crippen molar-refractivity contribution >= 4 is 33.3 Å².